The SMILES string of the molecule is C=CCOc1ccc(C(=O)N/N=C/c2ccc(OCc3ccccc3)cc2)cc1OCC. The lowest BCUT2D eigenvalue weighted by Crippen LogP contribution is -2.17. The van der Waals surface area contributed by atoms with Crippen LogP contribution in [0.3, 0.4) is 0 Å². The van der Waals surface area contributed by atoms with Crippen molar-refractivity contribution in [2.24, 2.45) is 5.10 Å². The molecule has 0 saturated heterocycles. The number of benzene rings is 3. The van der Waals surface area contributed by atoms with E-state index in [9.17, 15) is 4.79 Å². The highest BCUT2D eigenvalue weighted by atomic mass is 16.5. The van der Waals surface area contributed by atoms with Gasteiger partial charge in [0.1, 0.15) is 19.0 Å². The molecule has 0 spiro atoms. The third-order valence-corrected chi connectivity index (χ3v) is 4.37. The summed E-state index contributed by atoms with van der Waals surface area (Å²) in [7, 11) is 0. The minimum Gasteiger partial charge on any atom is -0.490 e. The van der Waals surface area contributed by atoms with Gasteiger partial charge in [-0.15, -0.1) is 0 Å². The van der Waals surface area contributed by atoms with Crippen LogP contribution in [-0.2, 0) is 6.61 Å². The monoisotopic (exact) mass is 430 g/mol. The van der Waals surface area contributed by atoms with Gasteiger partial charge in [-0.2, -0.15) is 5.10 Å². The van der Waals surface area contributed by atoms with E-state index in [1.54, 1.807) is 30.5 Å². The van der Waals surface area contributed by atoms with Gasteiger partial charge in [0.05, 0.1) is 12.8 Å². The minimum atomic E-state index is -0.347. The Morgan fingerprint density at radius 2 is 1.75 bits per heavy atom. The zero-order valence-corrected chi connectivity index (χ0v) is 18.0. The van der Waals surface area contributed by atoms with Crippen molar-refractivity contribution < 1.29 is 19.0 Å². The first-order valence-corrected chi connectivity index (χ1v) is 10.3. The Morgan fingerprint density at radius 3 is 2.47 bits per heavy atom. The largest absolute Gasteiger partial charge is 0.490 e. The smallest absolute Gasteiger partial charge is 0.271 e. The summed E-state index contributed by atoms with van der Waals surface area (Å²) in [5, 5.41) is 4.04. The van der Waals surface area contributed by atoms with Crippen molar-refractivity contribution in [3.8, 4) is 17.2 Å². The van der Waals surface area contributed by atoms with Crippen molar-refractivity contribution in [3.05, 3.63) is 102 Å². The molecule has 0 radical (unpaired) electrons. The molecule has 32 heavy (non-hydrogen) atoms. The summed E-state index contributed by atoms with van der Waals surface area (Å²) in [6.45, 7) is 6.81. The average Bonchev–Trinajstić information content (AvgIpc) is 2.83. The Balaban J connectivity index is 1.55. The van der Waals surface area contributed by atoms with E-state index in [2.05, 4.69) is 17.1 Å². The number of hydrogen-bond donors (Lipinski definition) is 1. The molecule has 0 aliphatic heterocycles. The molecule has 6 nitrogen and oxygen atoms in total. The van der Waals surface area contributed by atoms with E-state index in [4.69, 9.17) is 14.2 Å². The summed E-state index contributed by atoms with van der Waals surface area (Å²) in [5.41, 5.74) is 4.88. The van der Waals surface area contributed by atoms with Crippen LogP contribution < -0.4 is 19.6 Å². The molecule has 0 unspecified atom stereocenters. The molecular formula is C26H26N2O4. The number of hydrazone groups is 1. The van der Waals surface area contributed by atoms with Crippen LogP contribution in [0.2, 0.25) is 0 Å². The third kappa shape index (κ3) is 6.74. The number of carbonyl (C=O) groups is 1. The quantitative estimate of drug-likeness (QED) is 0.264. The number of rotatable bonds is 11. The summed E-state index contributed by atoms with van der Waals surface area (Å²) in [6.07, 6.45) is 3.22. The summed E-state index contributed by atoms with van der Waals surface area (Å²) in [5.74, 6) is 1.47. The fourth-order valence-electron chi connectivity index (χ4n) is 2.81. The lowest BCUT2D eigenvalue weighted by Gasteiger charge is -2.12. The molecule has 0 heterocycles. The van der Waals surface area contributed by atoms with Gasteiger partial charge in [0.15, 0.2) is 11.5 Å². The van der Waals surface area contributed by atoms with Crippen molar-refractivity contribution in [1.82, 2.24) is 5.43 Å². The van der Waals surface area contributed by atoms with E-state index in [1.807, 2.05) is 61.5 Å². The number of nitrogens with zero attached hydrogens (tertiary/aromatic N) is 1. The first-order valence-electron chi connectivity index (χ1n) is 10.3. The van der Waals surface area contributed by atoms with Gasteiger partial charge >= 0.3 is 0 Å². The number of carbonyl (C=O) groups excluding carboxylic acids is 1. The molecule has 164 valence electrons. The van der Waals surface area contributed by atoms with Crippen LogP contribution in [0.5, 0.6) is 17.2 Å². The van der Waals surface area contributed by atoms with Gasteiger partial charge in [-0.1, -0.05) is 43.0 Å². The summed E-state index contributed by atoms with van der Waals surface area (Å²) >= 11 is 0. The molecule has 0 saturated carbocycles. The van der Waals surface area contributed by atoms with Gasteiger partial charge in [0.2, 0.25) is 0 Å². The molecule has 0 aliphatic carbocycles. The molecule has 1 amide bonds. The predicted molar refractivity (Wildman–Crippen MR) is 126 cm³/mol. The molecule has 3 aromatic rings. The second kappa shape index (κ2) is 12.0. The van der Waals surface area contributed by atoms with Crippen LogP contribution in [0.15, 0.2) is 90.6 Å². The van der Waals surface area contributed by atoms with E-state index in [-0.39, 0.29) is 5.91 Å². The molecule has 0 atom stereocenters. The maximum Gasteiger partial charge on any atom is 0.271 e. The van der Waals surface area contributed by atoms with Crippen LogP contribution in [0.25, 0.3) is 0 Å². The first kappa shape index (κ1) is 22.6. The Kier molecular flexibility index (Phi) is 8.45. The topological polar surface area (TPSA) is 69.2 Å². The fourth-order valence-corrected chi connectivity index (χ4v) is 2.81. The summed E-state index contributed by atoms with van der Waals surface area (Å²) in [4.78, 5) is 12.4. The van der Waals surface area contributed by atoms with Gasteiger partial charge in [-0.05, 0) is 60.5 Å². The highest BCUT2D eigenvalue weighted by molar-refractivity contribution is 5.95. The molecule has 3 rings (SSSR count). The predicted octanol–water partition coefficient (Wildman–Crippen LogP) is 4.99. The normalized spacial score (nSPS) is 10.5. The molecule has 3 aromatic carbocycles. The van der Waals surface area contributed by atoms with Crippen molar-refractivity contribution in [3.63, 3.8) is 0 Å². The van der Waals surface area contributed by atoms with E-state index in [0.717, 1.165) is 16.9 Å². The van der Waals surface area contributed by atoms with Crippen molar-refractivity contribution in [2.45, 2.75) is 13.5 Å². The van der Waals surface area contributed by atoms with Crippen molar-refractivity contribution in [2.75, 3.05) is 13.2 Å². The summed E-state index contributed by atoms with van der Waals surface area (Å²) in [6, 6.07) is 22.4. The molecule has 6 heteroatoms. The van der Waals surface area contributed by atoms with Crippen LogP contribution in [0.1, 0.15) is 28.4 Å². The Hall–Kier alpha value is -4.06. The standard InChI is InChI=1S/C26H26N2O4/c1-3-16-31-24-15-12-22(17-25(24)30-4-2)26(29)28-27-18-20-10-13-23(14-11-20)32-19-21-8-6-5-7-9-21/h3,5-15,17-18H,1,4,16,19H2,2H3,(H,28,29)/b27-18+. The van der Waals surface area contributed by atoms with E-state index >= 15 is 0 Å². The minimum absolute atomic E-state index is 0.347. The second-order valence-corrected chi connectivity index (χ2v) is 6.74. The zero-order chi connectivity index (χ0) is 22.6. The summed E-state index contributed by atoms with van der Waals surface area (Å²) < 4.78 is 16.9. The molecule has 0 fully saturated rings. The Labute approximate surface area is 188 Å². The lowest BCUT2D eigenvalue weighted by molar-refractivity contribution is 0.0954. The molecule has 0 aliphatic rings. The maximum absolute atomic E-state index is 12.4. The van der Waals surface area contributed by atoms with Crippen LogP contribution in [0.4, 0.5) is 0 Å². The van der Waals surface area contributed by atoms with Crippen LogP contribution >= 0.6 is 0 Å². The number of ether oxygens (including phenoxy) is 3. The Bertz CT molecular complexity index is 1050. The van der Waals surface area contributed by atoms with Crippen molar-refractivity contribution >= 4 is 12.1 Å². The molecule has 0 aromatic heterocycles. The number of amides is 1. The maximum atomic E-state index is 12.4. The number of nitrogens with one attached hydrogen (secondary N) is 1. The molecular weight excluding hydrogens is 404 g/mol. The molecule has 1 N–H and O–H groups in total. The van der Waals surface area contributed by atoms with Gasteiger partial charge in [0.25, 0.3) is 5.91 Å². The first-order chi connectivity index (χ1) is 15.7. The van der Waals surface area contributed by atoms with Crippen molar-refractivity contribution in [1.29, 1.82) is 0 Å². The van der Waals surface area contributed by atoms with Gasteiger partial charge in [-0.3, -0.25) is 4.79 Å². The zero-order valence-electron chi connectivity index (χ0n) is 18.0. The van der Waals surface area contributed by atoms with Gasteiger partial charge in [0, 0.05) is 5.56 Å². The fraction of sp³-hybridized carbons (Fsp3) is 0.154. The molecule has 0 bridgehead atoms. The highest BCUT2D eigenvalue weighted by Gasteiger charge is 2.11. The Morgan fingerprint density at radius 1 is 0.969 bits per heavy atom. The average molecular weight is 431 g/mol. The van der Waals surface area contributed by atoms with E-state index in [0.29, 0.717) is 36.9 Å². The van der Waals surface area contributed by atoms with E-state index in [1.165, 1.54) is 0 Å². The number of hydrogen-bond acceptors (Lipinski definition) is 5. The van der Waals surface area contributed by atoms with Crippen LogP contribution in [0, 0.1) is 0 Å². The van der Waals surface area contributed by atoms with Crippen LogP contribution in [-0.4, -0.2) is 25.3 Å². The van der Waals surface area contributed by atoms with Gasteiger partial charge in [-0.25, -0.2) is 5.43 Å². The highest BCUT2D eigenvalue weighted by Crippen LogP contribution is 2.28. The van der Waals surface area contributed by atoms with Gasteiger partial charge < -0.3 is 14.2 Å². The lowest BCUT2D eigenvalue weighted by atomic mass is 10.2. The third-order valence-electron chi connectivity index (χ3n) is 4.37. The second-order valence-electron chi connectivity index (χ2n) is 6.74. The van der Waals surface area contributed by atoms with E-state index < -0.39 is 0 Å².